The zero-order chi connectivity index (χ0) is 14.0. The van der Waals surface area contributed by atoms with Crippen LogP contribution < -0.4 is 10.2 Å². The number of aryl methyl sites for hydroxylation is 1. The van der Waals surface area contributed by atoms with Gasteiger partial charge in [0.1, 0.15) is 6.54 Å². The highest BCUT2D eigenvalue weighted by molar-refractivity contribution is 5.94. The molecule has 1 aromatic heterocycles. The molecule has 5 heteroatoms. The fourth-order valence-corrected chi connectivity index (χ4v) is 1.94. The molecule has 0 radical (unpaired) electrons. The quantitative estimate of drug-likeness (QED) is 0.880. The average Bonchev–Trinajstić information content (AvgIpc) is 2.35. The van der Waals surface area contributed by atoms with Crippen molar-refractivity contribution in [2.45, 2.75) is 6.92 Å². The number of carbonyl (C=O) groups is 1. The zero-order valence-corrected chi connectivity index (χ0v) is 11.3. The van der Waals surface area contributed by atoms with Gasteiger partial charge < -0.3 is 15.3 Å². The summed E-state index contributed by atoms with van der Waals surface area (Å²) in [6, 6.07) is 7.82. The molecule has 2 aromatic rings. The number of aliphatic carboxylic acids is 1. The largest absolute Gasteiger partial charge is 0.480 e. The van der Waals surface area contributed by atoms with Crippen LogP contribution in [0.4, 0.5) is 11.4 Å². The summed E-state index contributed by atoms with van der Waals surface area (Å²) in [7, 11) is 3.93. The van der Waals surface area contributed by atoms with Gasteiger partial charge in [-0.1, -0.05) is 0 Å². The fraction of sp³-hybridized carbons (Fsp3) is 0.286. The first-order chi connectivity index (χ1) is 8.97. The van der Waals surface area contributed by atoms with Crippen molar-refractivity contribution >= 4 is 28.2 Å². The Labute approximate surface area is 111 Å². The lowest BCUT2D eigenvalue weighted by atomic mass is 10.1. The van der Waals surface area contributed by atoms with Crippen molar-refractivity contribution in [1.82, 2.24) is 4.98 Å². The summed E-state index contributed by atoms with van der Waals surface area (Å²) in [5.41, 5.74) is 3.57. The van der Waals surface area contributed by atoms with Crippen LogP contribution in [0.15, 0.2) is 24.3 Å². The minimum Gasteiger partial charge on any atom is -0.480 e. The fourth-order valence-electron chi connectivity index (χ4n) is 1.94. The van der Waals surface area contributed by atoms with Crippen LogP contribution in [0, 0.1) is 6.92 Å². The number of fused-ring (bicyclic) bond motifs is 1. The number of carboxylic acid groups (broad SMARTS) is 1. The molecule has 0 atom stereocenters. The first-order valence-corrected chi connectivity index (χ1v) is 6.02. The van der Waals surface area contributed by atoms with E-state index in [1.54, 1.807) is 0 Å². The number of nitrogens with one attached hydrogen (secondary N) is 1. The van der Waals surface area contributed by atoms with E-state index in [0.717, 1.165) is 28.0 Å². The van der Waals surface area contributed by atoms with Gasteiger partial charge in [0.15, 0.2) is 0 Å². The number of carboxylic acids is 1. The molecule has 19 heavy (non-hydrogen) atoms. The Bertz CT molecular complexity index is 623. The molecule has 0 aliphatic heterocycles. The van der Waals surface area contributed by atoms with Crippen LogP contribution >= 0.6 is 0 Å². The summed E-state index contributed by atoms with van der Waals surface area (Å²) in [5, 5.41) is 12.6. The van der Waals surface area contributed by atoms with Crippen LogP contribution in [0.25, 0.3) is 10.9 Å². The molecule has 0 aliphatic rings. The SMILES string of the molecule is Cc1cc(NCC(=O)O)c2cc(N(C)C)ccc2n1. The van der Waals surface area contributed by atoms with Crippen molar-refractivity contribution in [1.29, 1.82) is 0 Å². The predicted octanol–water partition coefficient (Wildman–Crippen LogP) is 2.11. The van der Waals surface area contributed by atoms with Crippen LogP contribution in [-0.4, -0.2) is 36.7 Å². The molecule has 100 valence electrons. The summed E-state index contributed by atoms with van der Waals surface area (Å²) in [5.74, 6) is -0.883. The number of nitrogens with zero attached hydrogens (tertiary/aromatic N) is 2. The van der Waals surface area contributed by atoms with E-state index in [9.17, 15) is 4.79 Å². The Kier molecular flexibility index (Phi) is 3.55. The van der Waals surface area contributed by atoms with Gasteiger partial charge in [-0.2, -0.15) is 0 Å². The predicted molar refractivity (Wildman–Crippen MR) is 76.9 cm³/mol. The monoisotopic (exact) mass is 259 g/mol. The molecule has 2 N–H and O–H groups in total. The molecular weight excluding hydrogens is 242 g/mol. The minimum absolute atomic E-state index is 0.106. The second-order valence-corrected chi connectivity index (χ2v) is 4.65. The zero-order valence-electron chi connectivity index (χ0n) is 11.3. The highest BCUT2D eigenvalue weighted by atomic mass is 16.4. The minimum atomic E-state index is -0.883. The topological polar surface area (TPSA) is 65.5 Å². The smallest absolute Gasteiger partial charge is 0.322 e. The molecule has 0 saturated carbocycles. The second kappa shape index (κ2) is 5.14. The number of anilines is 2. The second-order valence-electron chi connectivity index (χ2n) is 4.65. The van der Waals surface area contributed by atoms with Crippen molar-refractivity contribution in [2.75, 3.05) is 30.9 Å². The molecular formula is C14H17N3O2. The highest BCUT2D eigenvalue weighted by Gasteiger charge is 2.07. The average molecular weight is 259 g/mol. The van der Waals surface area contributed by atoms with Crippen LogP contribution in [0.5, 0.6) is 0 Å². The van der Waals surface area contributed by atoms with E-state index in [4.69, 9.17) is 5.11 Å². The van der Waals surface area contributed by atoms with E-state index in [-0.39, 0.29) is 6.54 Å². The maximum absolute atomic E-state index is 10.7. The molecule has 0 unspecified atom stereocenters. The maximum atomic E-state index is 10.7. The van der Waals surface area contributed by atoms with E-state index in [1.165, 1.54) is 0 Å². The van der Waals surface area contributed by atoms with E-state index in [1.807, 2.05) is 50.2 Å². The third kappa shape index (κ3) is 2.93. The highest BCUT2D eigenvalue weighted by Crippen LogP contribution is 2.27. The molecule has 0 aliphatic carbocycles. The van der Waals surface area contributed by atoms with Gasteiger partial charge in [0, 0.05) is 36.6 Å². The molecule has 0 spiro atoms. The van der Waals surface area contributed by atoms with Gasteiger partial charge in [0.25, 0.3) is 0 Å². The van der Waals surface area contributed by atoms with Gasteiger partial charge in [-0.3, -0.25) is 9.78 Å². The molecule has 1 heterocycles. The number of hydrogen-bond donors (Lipinski definition) is 2. The Balaban J connectivity index is 2.52. The Hall–Kier alpha value is -2.30. The third-order valence-corrected chi connectivity index (χ3v) is 2.87. The lowest BCUT2D eigenvalue weighted by Crippen LogP contribution is -2.13. The number of benzene rings is 1. The third-order valence-electron chi connectivity index (χ3n) is 2.87. The number of rotatable bonds is 4. The van der Waals surface area contributed by atoms with Gasteiger partial charge in [-0.05, 0) is 31.2 Å². The maximum Gasteiger partial charge on any atom is 0.322 e. The summed E-state index contributed by atoms with van der Waals surface area (Å²) in [6.07, 6.45) is 0. The van der Waals surface area contributed by atoms with Crippen molar-refractivity contribution in [3.63, 3.8) is 0 Å². The van der Waals surface area contributed by atoms with Gasteiger partial charge in [0.05, 0.1) is 5.52 Å². The molecule has 1 aromatic carbocycles. The first kappa shape index (κ1) is 13.1. The van der Waals surface area contributed by atoms with Gasteiger partial charge in [-0.15, -0.1) is 0 Å². The summed E-state index contributed by atoms with van der Waals surface area (Å²) >= 11 is 0. The Morgan fingerprint density at radius 3 is 2.74 bits per heavy atom. The van der Waals surface area contributed by atoms with E-state index in [2.05, 4.69) is 10.3 Å². The summed E-state index contributed by atoms with van der Waals surface area (Å²) < 4.78 is 0. The molecule has 2 rings (SSSR count). The van der Waals surface area contributed by atoms with Crippen molar-refractivity contribution in [3.8, 4) is 0 Å². The molecule has 5 nitrogen and oxygen atoms in total. The number of hydrogen-bond acceptors (Lipinski definition) is 4. The van der Waals surface area contributed by atoms with Crippen LogP contribution in [0.1, 0.15) is 5.69 Å². The van der Waals surface area contributed by atoms with Crippen LogP contribution in [0.3, 0.4) is 0 Å². The lowest BCUT2D eigenvalue weighted by Gasteiger charge is -2.15. The van der Waals surface area contributed by atoms with E-state index in [0.29, 0.717) is 0 Å². The van der Waals surface area contributed by atoms with Gasteiger partial charge in [-0.25, -0.2) is 0 Å². The molecule has 0 fully saturated rings. The number of pyridine rings is 1. The molecule has 0 saturated heterocycles. The lowest BCUT2D eigenvalue weighted by molar-refractivity contribution is -0.134. The Morgan fingerprint density at radius 2 is 2.11 bits per heavy atom. The standard InChI is InChI=1S/C14H17N3O2/c1-9-6-13(15-8-14(18)19)11-7-10(17(2)3)4-5-12(11)16-9/h4-7H,8H2,1-3H3,(H,15,16)(H,18,19). The molecule has 0 bridgehead atoms. The molecule has 0 amide bonds. The van der Waals surface area contributed by atoms with Crippen molar-refractivity contribution in [2.24, 2.45) is 0 Å². The number of aromatic nitrogens is 1. The van der Waals surface area contributed by atoms with Gasteiger partial charge in [0.2, 0.25) is 0 Å². The van der Waals surface area contributed by atoms with Crippen LogP contribution in [0.2, 0.25) is 0 Å². The van der Waals surface area contributed by atoms with Gasteiger partial charge >= 0.3 is 5.97 Å². The normalized spacial score (nSPS) is 10.5. The van der Waals surface area contributed by atoms with E-state index >= 15 is 0 Å². The summed E-state index contributed by atoms with van der Waals surface area (Å²) in [4.78, 5) is 17.1. The van der Waals surface area contributed by atoms with Crippen LogP contribution in [-0.2, 0) is 4.79 Å². The first-order valence-electron chi connectivity index (χ1n) is 6.02. The Morgan fingerprint density at radius 1 is 1.37 bits per heavy atom. The van der Waals surface area contributed by atoms with E-state index < -0.39 is 5.97 Å². The van der Waals surface area contributed by atoms with Crippen molar-refractivity contribution in [3.05, 3.63) is 30.0 Å². The van der Waals surface area contributed by atoms with Crippen molar-refractivity contribution < 1.29 is 9.90 Å². The summed E-state index contributed by atoms with van der Waals surface area (Å²) in [6.45, 7) is 1.79.